The molecule has 0 aliphatic carbocycles. The summed E-state index contributed by atoms with van der Waals surface area (Å²) in [5, 5.41) is 6.30. The number of hydrogen-bond donors (Lipinski definition) is 2. The molecular formula is C15H22N2O2S. The summed E-state index contributed by atoms with van der Waals surface area (Å²) in [6, 6.07) is 9.97. The van der Waals surface area contributed by atoms with Crippen molar-refractivity contribution >= 4 is 17.7 Å². The number of rotatable bonds is 6. The minimum Gasteiger partial charge on any atom is -0.489 e. The van der Waals surface area contributed by atoms with Gasteiger partial charge in [-0.25, -0.2) is 0 Å². The van der Waals surface area contributed by atoms with Crippen LogP contribution in [0.3, 0.4) is 0 Å². The summed E-state index contributed by atoms with van der Waals surface area (Å²) in [6.07, 6.45) is 0.514. The Kier molecular flexibility index (Phi) is 6.21. The van der Waals surface area contributed by atoms with Crippen molar-refractivity contribution in [3.8, 4) is 5.75 Å². The maximum absolute atomic E-state index is 11.9. The third-order valence-corrected chi connectivity index (χ3v) is 4.23. The van der Waals surface area contributed by atoms with Gasteiger partial charge in [0.2, 0.25) is 5.91 Å². The fourth-order valence-corrected chi connectivity index (χ4v) is 3.03. The number of ether oxygens (including phenoxy) is 1. The van der Waals surface area contributed by atoms with Crippen LogP contribution in [0.2, 0.25) is 0 Å². The van der Waals surface area contributed by atoms with Crippen LogP contribution < -0.4 is 15.4 Å². The molecule has 2 rings (SSSR count). The van der Waals surface area contributed by atoms with E-state index in [2.05, 4.69) is 10.6 Å². The first-order valence-electron chi connectivity index (χ1n) is 7.03. The largest absolute Gasteiger partial charge is 0.489 e. The van der Waals surface area contributed by atoms with Crippen LogP contribution in [0.1, 0.15) is 13.3 Å². The van der Waals surface area contributed by atoms with Gasteiger partial charge in [-0.2, -0.15) is 11.8 Å². The van der Waals surface area contributed by atoms with E-state index < -0.39 is 0 Å². The summed E-state index contributed by atoms with van der Waals surface area (Å²) in [5.41, 5.74) is 0. The molecule has 2 unspecified atom stereocenters. The predicted octanol–water partition coefficient (Wildman–Crippen LogP) is 1.67. The SMILES string of the molecule is CC(CNC(=O)CC1CSCCN1)Oc1ccccc1. The molecule has 1 aromatic carbocycles. The minimum atomic E-state index is -0.0324. The van der Waals surface area contributed by atoms with Gasteiger partial charge >= 0.3 is 0 Å². The third kappa shape index (κ3) is 5.43. The van der Waals surface area contributed by atoms with E-state index in [4.69, 9.17) is 4.74 Å². The molecule has 1 aliphatic rings. The second-order valence-electron chi connectivity index (χ2n) is 4.98. The summed E-state index contributed by atoms with van der Waals surface area (Å²) in [7, 11) is 0. The van der Waals surface area contributed by atoms with Crippen LogP contribution in [0, 0.1) is 0 Å². The lowest BCUT2D eigenvalue weighted by Gasteiger charge is -2.23. The van der Waals surface area contributed by atoms with Crippen LogP contribution in [-0.4, -0.2) is 42.6 Å². The number of carbonyl (C=O) groups excluding carboxylic acids is 1. The van der Waals surface area contributed by atoms with Gasteiger partial charge in [-0.1, -0.05) is 18.2 Å². The molecule has 0 aromatic heterocycles. The summed E-state index contributed by atoms with van der Waals surface area (Å²) < 4.78 is 5.72. The fourth-order valence-electron chi connectivity index (χ4n) is 2.08. The lowest BCUT2D eigenvalue weighted by Crippen LogP contribution is -2.42. The molecule has 0 radical (unpaired) electrons. The average molecular weight is 294 g/mol. The van der Waals surface area contributed by atoms with Gasteiger partial charge in [0.05, 0.1) is 6.54 Å². The van der Waals surface area contributed by atoms with Gasteiger partial charge in [-0.15, -0.1) is 0 Å². The molecule has 1 aromatic rings. The molecule has 20 heavy (non-hydrogen) atoms. The van der Waals surface area contributed by atoms with Crippen molar-refractivity contribution in [2.45, 2.75) is 25.5 Å². The molecule has 1 fully saturated rings. The van der Waals surface area contributed by atoms with E-state index in [-0.39, 0.29) is 12.0 Å². The first-order valence-corrected chi connectivity index (χ1v) is 8.19. The van der Waals surface area contributed by atoms with Gasteiger partial charge in [0, 0.05) is 30.5 Å². The first-order chi connectivity index (χ1) is 9.74. The Hall–Kier alpha value is -1.20. The van der Waals surface area contributed by atoms with Gasteiger partial charge in [-0.05, 0) is 19.1 Å². The number of thioether (sulfide) groups is 1. The van der Waals surface area contributed by atoms with Gasteiger partial charge in [0.1, 0.15) is 11.9 Å². The Labute approximate surface area is 124 Å². The second kappa shape index (κ2) is 8.17. The van der Waals surface area contributed by atoms with Crippen molar-refractivity contribution in [2.24, 2.45) is 0 Å². The highest BCUT2D eigenvalue weighted by Crippen LogP contribution is 2.11. The van der Waals surface area contributed by atoms with Crippen LogP contribution in [0.4, 0.5) is 0 Å². The Morgan fingerprint density at radius 2 is 2.30 bits per heavy atom. The molecule has 1 saturated heterocycles. The molecule has 0 saturated carbocycles. The highest BCUT2D eigenvalue weighted by atomic mass is 32.2. The van der Waals surface area contributed by atoms with Crippen LogP contribution in [0.15, 0.2) is 30.3 Å². The number of nitrogens with one attached hydrogen (secondary N) is 2. The fraction of sp³-hybridized carbons (Fsp3) is 0.533. The van der Waals surface area contributed by atoms with E-state index in [0.717, 1.165) is 23.8 Å². The van der Waals surface area contributed by atoms with Crippen molar-refractivity contribution < 1.29 is 9.53 Å². The van der Waals surface area contributed by atoms with Gasteiger partial charge < -0.3 is 15.4 Å². The standard InChI is InChI=1S/C15H22N2O2S/c1-12(19-14-5-3-2-4-6-14)10-17-15(18)9-13-11-20-8-7-16-13/h2-6,12-13,16H,7-11H2,1H3,(H,17,18). The van der Waals surface area contributed by atoms with Crippen molar-refractivity contribution in [2.75, 3.05) is 24.6 Å². The summed E-state index contributed by atoms with van der Waals surface area (Å²) >= 11 is 1.90. The molecular weight excluding hydrogens is 272 g/mol. The zero-order valence-corrected chi connectivity index (χ0v) is 12.6. The van der Waals surface area contributed by atoms with Crippen LogP contribution in [0.25, 0.3) is 0 Å². The number of benzene rings is 1. The first kappa shape index (κ1) is 15.2. The summed E-state index contributed by atoms with van der Waals surface area (Å²) in [6.45, 7) is 3.49. The van der Waals surface area contributed by atoms with Gasteiger partial charge in [0.15, 0.2) is 0 Å². The van der Waals surface area contributed by atoms with Gasteiger partial charge in [0.25, 0.3) is 0 Å². The molecule has 110 valence electrons. The van der Waals surface area contributed by atoms with Crippen molar-refractivity contribution in [3.05, 3.63) is 30.3 Å². The molecule has 2 N–H and O–H groups in total. The predicted molar refractivity (Wildman–Crippen MR) is 83.3 cm³/mol. The smallest absolute Gasteiger partial charge is 0.221 e. The topological polar surface area (TPSA) is 50.4 Å². The molecule has 1 amide bonds. The Balaban J connectivity index is 1.64. The van der Waals surface area contributed by atoms with Crippen LogP contribution in [0.5, 0.6) is 5.75 Å². The average Bonchev–Trinajstić information content (AvgIpc) is 2.47. The molecule has 1 heterocycles. The number of carbonyl (C=O) groups is 1. The van der Waals surface area contributed by atoms with E-state index in [1.54, 1.807) is 0 Å². The monoisotopic (exact) mass is 294 g/mol. The maximum Gasteiger partial charge on any atom is 0.221 e. The third-order valence-electron chi connectivity index (χ3n) is 3.10. The highest BCUT2D eigenvalue weighted by molar-refractivity contribution is 7.99. The molecule has 4 nitrogen and oxygen atoms in total. The van der Waals surface area contributed by atoms with E-state index in [1.165, 1.54) is 0 Å². The van der Waals surface area contributed by atoms with Crippen LogP contribution in [-0.2, 0) is 4.79 Å². The zero-order valence-electron chi connectivity index (χ0n) is 11.8. The Bertz CT molecular complexity index is 408. The lowest BCUT2D eigenvalue weighted by molar-refractivity contribution is -0.121. The molecule has 0 bridgehead atoms. The number of hydrogen-bond acceptors (Lipinski definition) is 4. The van der Waals surface area contributed by atoms with Gasteiger partial charge in [-0.3, -0.25) is 4.79 Å². The molecule has 5 heteroatoms. The lowest BCUT2D eigenvalue weighted by atomic mass is 10.2. The highest BCUT2D eigenvalue weighted by Gasteiger charge is 2.17. The minimum absolute atomic E-state index is 0.0324. The zero-order chi connectivity index (χ0) is 14.2. The molecule has 1 aliphatic heterocycles. The van der Waals surface area contributed by atoms with Crippen molar-refractivity contribution in [3.63, 3.8) is 0 Å². The Morgan fingerprint density at radius 3 is 3.00 bits per heavy atom. The van der Waals surface area contributed by atoms with Crippen molar-refractivity contribution in [1.29, 1.82) is 0 Å². The maximum atomic E-state index is 11.9. The summed E-state index contributed by atoms with van der Waals surface area (Å²) in [5.74, 6) is 3.08. The second-order valence-corrected chi connectivity index (χ2v) is 6.13. The molecule has 0 spiro atoms. The quantitative estimate of drug-likeness (QED) is 0.838. The normalized spacial score (nSPS) is 20.1. The summed E-state index contributed by atoms with van der Waals surface area (Å²) in [4.78, 5) is 11.9. The van der Waals surface area contributed by atoms with E-state index in [1.807, 2.05) is 49.0 Å². The van der Waals surface area contributed by atoms with E-state index in [9.17, 15) is 4.79 Å². The van der Waals surface area contributed by atoms with Crippen molar-refractivity contribution in [1.82, 2.24) is 10.6 Å². The van der Waals surface area contributed by atoms with E-state index >= 15 is 0 Å². The van der Waals surface area contributed by atoms with Crippen LogP contribution >= 0.6 is 11.8 Å². The Morgan fingerprint density at radius 1 is 1.50 bits per heavy atom. The van der Waals surface area contributed by atoms with E-state index in [0.29, 0.717) is 19.0 Å². The number of para-hydroxylation sites is 1. The number of amides is 1. The molecule has 2 atom stereocenters.